The highest BCUT2D eigenvalue weighted by Gasteiger charge is 2.09. The minimum Gasteiger partial charge on any atom is -0.462 e. The highest BCUT2D eigenvalue weighted by molar-refractivity contribution is 5.93. The van der Waals surface area contributed by atoms with Crippen LogP contribution in [0.2, 0.25) is 0 Å². The monoisotopic (exact) mass is 204 g/mol. The van der Waals surface area contributed by atoms with Crippen LogP contribution < -0.4 is 0 Å². The van der Waals surface area contributed by atoms with Crippen molar-refractivity contribution in [3.63, 3.8) is 0 Å². The maximum Gasteiger partial charge on any atom is 0.338 e. The fraction of sp³-hybridized carbons (Fsp3) is 0.308. The third kappa shape index (κ3) is 3.24. The summed E-state index contributed by atoms with van der Waals surface area (Å²) in [5.41, 5.74) is 1.41. The molecule has 0 aliphatic carbocycles. The topological polar surface area (TPSA) is 26.3 Å². The van der Waals surface area contributed by atoms with Gasteiger partial charge in [0.2, 0.25) is 0 Å². The molecule has 0 bridgehead atoms. The normalized spacial score (nSPS) is 9.67. The minimum atomic E-state index is -0.265. The van der Waals surface area contributed by atoms with Crippen molar-refractivity contribution in [1.29, 1.82) is 0 Å². The molecule has 0 saturated heterocycles. The number of hydrogen-bond acceptors (Lipinski definition) is 2. The average molecular weight is 204 g/mol. The van der Waals surface area contributed by atoms with E-state index in [-0.39, 0.29) is 5.97 Å². The largest absolute Gasteiger partial charge is 0.462 e. The van der Waals surface area contributed by atoms with Crippen molar-refractivity contribution in [1.82, 2.24) is 0 Å². The second-order valence-electron chi connectivity index (χ2n) is 3.28. The van der Waals surface area contributed by atoms with Crippen molar-refractivity contribution in [2.24, 2.45) is 0 Å². The van der Waals surface area contributed by atoms with Gasteiger partial charge >= 0.3 is 5.97 Å². The lowest BCUT2D eigenvalue weighted by molar-refractivity contribution is 0.0499. The quantitative estimate of drug-likeness (QED) is 0.543. The van der Waals surface area contributed by atoms with E-state index in [9.17, 15) is 4.79 Å². The molecule has 0 fully saturated rings. The lowest BCUT2D eigenvalue weighted by Crippen LogP contribution is -2.07. The molecule has 0 aliphatic rings. The first-order valence-corrected chi connectivity index (χ1v) is 5.18. The van der Waals surface area contributed by atoms with Gasteiger partial charge in [-0.1, -0.05) is 44.2 Å². The van der Waals surface area contributed by atoms with Crippen LogP contribution in [0.15, 0.2) is 30.8 Å². The highest BCUT2D eigenvalue weighted by atomic mass is 16.5. The van der Waals surface area contributed by atoms with Crippen LogP contribution in [0.1, 0.15) is 35.7 Å². The van der Waals surface area contributed by atoms with Gasteiger partial charge in [0.1, 0.15) is 0 Å². The summed E-state index contributed by atoms with van der Waals surface area (Å²) in [6.07, 6.45) is 3.59. The molecule has 1 aromatic rings. The van der Waals surface area contributed by atoms with Gasteiger partial charge in [-0.25, -0.2) is 4.79 Å². The molecular weight excluding hydrogens is 188 g/mol. The number of unbranched alkanes of at least 4 members (excludes halogenated alkanes) is 1. The molecule has 0 atom stereocenters. The standard InChI is InChI=1S/C13H16O2/c1-3-5-10-15-13(14)12-9-7-6-8-11(12)4-2/h4,6-9H,2-3,5,10H2,1H3. The van der Waals surface area contributed by atoms with E-state index < -0.39 is 0 Å². The van der Waals surface area contributed by atoms with Gasteiger partial charge in [-0.15, -0.1) is 0 Å². The van der Waals surface area contributed by atoms with Crippen LogP contribution >= 0.6 is 0 Å². The highest BCUT2D eigenvalue weighted by Crippen LogP contribution is 2.11. The zero-order valence-electron chi connectivity index (χ0n) is 9.03. The summed E-state index contributed by atoms with van der Waals surface area (Å²) < 4.78 is 5.12. The molecule has 2 nitrogen and oxygen atoms in total. The number of esters is 1. The Morgan fingerprint density at radius 2 is 2.20 bits per heavy atom. The molecule has 0 spiro atoms. The lowest BCUT2D eigenvalue weighted by atomic mass is 10.1. The second-order valence-corrected chi connectivity index (χ2v) is 3.28. The number of ether oxygens (including phenoxy) is 1. The van der Waals surface area contributed by atoms with E-state index in [0.717, 1.165) is 18.4 Å². The van der Waals surface area contributed by atoms with Crippen LogP contribution in [0.25, 0.3) is 6.08 Å². The number of hydrogen-bond donors (Lipinski definition) is 0. The molecule has 0 aromatic heterocycles. The van der Waals surface area contributed by atoms with Crippen molar-refractivity contribution < 1.29 is 9.53 Å². The Balaban J connectivity index is 2.68. The Morgan fingerprint density at radius 3 is 2.87 bits per heavy atom. The van der Waals surface area contributed by atoms with Crippen molar-refractivity contribution in [3.8, 4) is 0 Å². The van der Waals surface area contributed by atoms with Gasteiger partial charge in [0.25, 0.3) is 0 Å². The van der Waals surface area contributed by atoms with Crippen LogP contribution in [0, 0.1) is 0 Å². The van der Waals surface area contributed by atoms with E-state index in [0.29, 0.717) is 12.2 Å². The predicted octanol–water partition coefficient (Wildman–Crippen LogP) is 3.29. The summed E-state index contributed by atoms with van der Waals surface area (Å²) in [5.74, 6) is -0.265. The molecule has 0 saturated carbocycles. The zero-order chi connectivity index (χ0) is 11.1. The molecule has 0 amide bonds. The molecule has 15 heavy (non-hydrogen) atoms. The fourth-order valence-electron chi connectivity index (χ4n) is 1.25. The van der Waals surface area contributed by atoms with Crippen molar-refractivity contribution >= 4 is 12.0 Å². The number of benzene rings is 1. The first kappa shape index (κ1) is 11.5. The Labute approximate surface area is 90.6 Å². The zero-order valence-corrected chi connectivity index (χ0v) is 9.03. The molecule has 2 heteroatoms. The van der Waals surface area contributed by atoms with Gasteiger partial charge in [-0.05, 0) is 18.1 Å². The van der Waals surface area contributed by atoms with Gasteiger partial charge in [-0.2, -0.15) is 0 Å². The summed E-state index contributed by atoms with van der Waals surface area (Å²) in [6.45, 7) is 6.21. The van der Waals surface area contributed by atoms with Crippen molar-refractivity contribution in [2.75, 3.05) is 6.61 Å². The number of carbonyl (C=O) groups excluding carboxylic acids is 1. The van der Waals surface area contributed by atoms with Gasteiger partial charge in [0.05, 0.1) is 12.2 Å². The third-order valence-electron chi connectivity index (χ3n) is 2.13. The summed E-state index contributed by atoms with van der Waals surface area (Å²) in [7, 11) is 0. The number of carbonyl (C=O) groups is 1. The lowest BCUT2D eigenvalue weighted by Gasteiger charge is -2.06. The smallest absolute Gasteiger partial charge is 0.338 e. The third-order valence-corrected chi connectivity index (χ3v) is 2.13. The molecule has 0 unspecified atom stereocenters. The van der Waals surface area contributed by atoms with Crippen LogP contribution in [0.4, 0.5) is 0 Å². The second kappa shape index (κ2) is 6.02. The predicted molar refractivity (Wildman–Crippen MR) is 61.7 cm³/mol. The summed E-state index contributed by atoms with van der Waals surface area (Å²) in [5, 5.41) is 0. The molecule has 80 valence electrons. The maximum absolute atomic E-state index is 11.6. The molecule has 0 N–H and O–H groups in total. The van der Waals surface area contributed by atoms with Crippen LogP contribution in [0.3, 0.4) is 0 Å². The molecule has 0 aliphatic heterocycles. The van der Waals surface area contributed by atoms with E-state index in [1.54, 1.807) is 12.1 Å². The van der Waals surface area contributed by atoms with E-state index in [2.05, 4.69) is 13.5 Å². The Hall–Kier alpha value is -1.57. The van der Waals surface area contributed by atoms with Crippen LogP contribution in [-0.4, -0.2) is 12.6 Å². The Morgan fingerprint density at radius 1 is 1.47 bits per heavy atom. The molecule has 1 rings (SSSR count). The van der Waals surface area contributed by atoms with E-state index in [4.69, 9.17) is 4.74 Å². The SMILES string of the molecule is C=Cc1ccccc1C(=O)OCCCC. The van der Waals surface area contributed by atoms with Gasteiger partial charge in [-0.3, -0.25) is 0 Å². The molecular formula is C13H16O2. The minimum absolute atomic E-state index is 0.265. The van der Waals surface area contributed by atoms with Gasteiger partial charge in [0.15, 0.2) is 0 Å². The van der Waals surface area contributed by atoms with Crippen molar-refractivity contribution in [3.05, 3.63) is 42.0 Å². The molecule has 1 aromatic carbocycles. The summed E-state index contributed by atoms with van der Waals surface area (Å²) in [4.78, 5) is 11.6. The van der Waals surface area contributed by atoms with Crippen molar-refractivity contribution in [2.45, 2.75) is 19.8 Å². The van der Waals surface area contributed by atoms with Gasteiger partial charge in [0, 0.05) is 0 Å². The summed E-state index contributed by atoms with van der Waals surface area (Å²) in [6, 6.07) is 7.30. The Kier molecular flexibility index (Phi) is 4.61. The van der Waals surface area contributed by atoms with E-state index in [1.807, 2.05) is 18.2 Å². The fourth-order valence-corrected chi connectivity index (χ4v) is 1.25. The first-order valence-electron chi connectivity index (χ1n) is 5.18. The van der Waals surface area contributed by atoms with Gasteiger partial charge < -0.3 is 4.74 Å². The van der Waals surface area contributed by atoms with E-state index >= 15 is 0 Å². The Bertz CT molecular complexity index is 342. The molecule has 0 heterocycles. The number of rotatable bonds is 5. The first-order chi connectivity index (χ1) is 7.29. The van der Waals surface area contributed by atoms with Crippen LogP contribution in [-0.2, 0) is 4.74 Å². The maximum atomic E-state index is 11.6. The summed E-state index contributed by atoms with van der Waals surface area (Å²) >= 11 is 0. The van der Waals surface area contributed by atoms with E-state index in [1.165, 1.54) is 0 Å². The average Bonchev–Trinajstić information content (AvgIpc) is 2.29. The van der Waals surface area contributed by atoms with Crippen LogP contribution in [0.5, 0.6) is 0 Å². The molecule has 0 radical (unpaired) electrons.